The van der Waals surface area contributed by atoms with E-state index in [1.807, 2.05) is 36.4 Å². The second kappa shape index (κ2) is 10.5. The second-order valence-corrected chi connectivity index (χ2v) is 8.88. The summed E-state index contributed by atoms with van der Waals surface area (Å²) in [4.78, 5) is 35.6. The fourth-order valence-electron chi connectivity index (χ4n) is 4.02. The first-order valence-corrected chi connectivity index (χ1v) is 10.8. The van der Waals surface area contributed by atoms with Gasteiger partial charge in [0.15, 0.2) is 6.10 Å². The molecule has 0 saturated heterocycles. The number of ether oxygens (including phenoxy) is 2. The van der Waals surface area contributed by atoms with Crippen LogP contribution in [0.15, 0.2) is 48.5 Å². The summed E-state index contributed by atoms with van der Waals surface area (Å²) in [5.74, 6) is -1.43. The summed E-state index contributed by atoms with van der Waals surface area (Å²) in [5.41, 5.74) is 3.90. The lowest BCUT2D eigenvalue weighted by molar-refractivity contribution is -0.140. The van der Waals surface area contributed by atoms with Crippen LogP contribution in [0.2, 0.25) is 0 Å². The van der Waals surface area contributed by atoms with Crippen molar-refractivity contribution in [2.24, 2.45) is 5.41 Å². The first kappa shape index (κ1) is 24.3. The molecule has 33 heavy (non-hydrogen) atoms. The van der Waals surface area contributed by atoms with Gasteiger partial charge in [-0.15, -0.1) is 0 Å². The van der Waals surface area contributed by atoms with Crippen LogP contribution in [0, 0.1) is 5.41 Å². The number of aliphatic carboxylic acids is 1. The predicted octanol–water partition coefficient (Wildman–Crippen LogP) is 3.16. The van der Waals surface area contributed by atoms with Crippen molar-refractivity contribution in [3.8, 4) is 11.1 Å². The topological polar surface area (TPSA) is 114 Å². The zero-order valence-electron chi connectivity index (χ0n) is 19.1. The van der Waals surface area contributed by atoms with Crippen molar-refractivity contribution in [3.05, 3.63) is 59.7 Å². The highest BCUT2D eigenvalue weighted by Crippen LogP contribution is 2.44. The lowest BCUT2D eigenvalue weighted by Crippen LogP contribution is -2.46. The molecule has 0 bridgehead atoms. The Morgan fingerprint density at radius 2 is 1.58 bits per heavy atom. The maximum atomic E-state index is 12.4. The standard InChI is InChI=1S/C25H30N2O6/c1-25(2,12-22(28)29)15-27-23(30)21(32-3)13-26-24(31)33-14-20-18-10-6-4-8-16(18)17-9-5-7-11-19(17)20/h4-11,20-21H,12-15H2,1-3H3,(H,26,31)(H,27,30)(H,28,29). The van der Waals surface area contributed by atoms with Crippen LogP contribution in [0.4, 0.5) is 4.79 Å². The molecule has 0 aromatic heterocycles. The van der Waals surface area contributed by atoms with E-state index in [0.717, 1.165) is 22.3 Å². The van der Waals surface area contributed by atoms with E-state index in [4.69, 9.17) is 14.6 Å². The van der Waals surface area contributed by atoms with Gasteiger partial charge in [-0.05, 0) is 27.7 Å². The van der Waals surface area contributed by atoms with Crippen molar-refractivity contribution in [2.75, 3.05) is 26.8 Å². The number of carboxylic acids is 1. The van der Waals surface area contributed by atoms with Crippen LogP contribution in [-0.4, -0.2) is 56.0 Å². The normalized spacial score (nSPS) is 13.5. The molecule has 2 aromatic rings. The van der Waals surface area contributed by atoms with E-state index < -0.39 is 29.5 Å². The third kappa shape index (κ3) is 6.10. The minimum absolute atomic E-state index is 0.0545. The van der Waals surface area contributed by atoms with Gasteiger partial charge in [0.2, 0.25) is 0 Å². The van der Waals surface area contributed by atoms with Crippen molar-refractivity contribution >= 4 is 18.0 Å². The number of alkyl carbamates (subject to hydrolysis) is 1. The summed E-state index contributed by atoms with van der Waals surface area (Å²) in [6.45, 7) is 3.77. The molecular formula is C25H30N2O6. The second-order valence-electron chi connectivity index (χ2n) is 8.88. The molecule has 3 N–H and O–H groups in total. The fourth-order valence-corrected chi connectivity index (χ4v) is 4.02. The molecule has 2 amide bonds. The smallest absolute Gasteiger partial charge is 0.407 e. The molecule has 0 fully saturated rings. The molecule has 8 heteroatoms. The van der Waals surface area contributed by atoms with Gasteiger partial charge >= 0.3 is 12.1 Å². The monoisotopic (exact) mass is 454 g/mol. The van der Waals surface area contributed by atoms with E-state index in [1.54, 1.807) is 13.8 Å². The van der Waals surface area contributed by atoms with E-state index >= 15 is 0 Å². The Balaban J connectivity index is 1.51. The summed E-state index contributed by atoms with van der Waals surface area (Å²) < 4.78 is 10.7. The molecular weight excluding hydrogens is 424 g/mol. The lowest BCUT2D eigenvalue weighted by atomic mass is 9.89. The molecule has 0 radical (unpaired) electrons. The van der Waals surface area contributed by atoms with Crippen molar-refractivity contribution < 1.29 is 29.0 Å². The van der Waals surface area contributed by atoms with Gasteiger partial charge in [0, 0.05) is 19.6 Å². The number of carboxylic acid groups (broad SMARTS) is 1. The van der Waals surface area contributed by atoms with E-state index in [2.05, 4.69) is 22.8 Å². The molecule has 3 rings (SSSR count). The van der Waals surface area contributed by atoms with Crippen LogP contribution in [0.1, 0.15) is 37.3 Å². The Morgan fingerprint density at radius 3 is 2.12 bits per heavy atom. The van der Waals surface area contributed by atoms with E-state index in [9.17, 15) is 14.4 Å². The van der Waals surface area contributed by atoms with Gasteiger partial charge in [-0.25, -0.2) is 4.79 Å². The Labute approximate surface area is 193 Å². The summed E-state index contributed by atoms with van der Waals surface area (Å²) >= 11 is 0. The average molecular weight is 455 g/mol. The van der Waals surface area contributed by atoms with Gasteiger partial charge in [-0.3, -0.25) is 9.59 Å². The maximum Gasteiger partial charge on any atom is 0.407 e. The number of hydrogen-bond acceptors (Lipinski definition) is 5. The highest BCUT2D eigenvalue weighted by molar-refractivity contribution is 5.82. The van der Waals surface area contributed by atoms with E-state index in [-0.39, 0.29) is 32.0 Å². The van der Waals surface area contributed by atoms with Gasteiger partial charge in [0.1, 0.15) is 6.61 Å². The van der Waals surface area contributed by atoms with Gasteiger partial charge < -0.3 is 25.2 Å². The molecule has 1 aliphatic carbocycles. The number of carbonyl (C=O) groups is 3. The number of carbonyl (C=O) groups excluding carboxylic acids is 2. The molecule has 1 atom stereocenters. The van der Waals surface area contributed by atoms with Crippen LogP contribution in [-0.2, 0) is 19.1 Å². The van der Waals surface area contributed by atoms with E-state index in [1.165, 1.54) is 7.11 Å². The summed E-state index contributed by atoms with van der Waals surface area (Å²) in [6, 6.07) is 16.1. The molecule has 2 aromatic carbocycles. The van der Waals surface area contributed by atoms with Crippen LogP contribution >= 0.6 is 0 Å². The number of fused-ring (bicyclic) bond motifs is 3. The van der Waals surface area contributed by atoms with Gasteiger partial charge in [-0.1, -0.05) is 62.4 Å². The number of nitrogens with one attached hydrogen (secondary N) is 2. The first-order valence-electron chi connectivity index (χ1n) is 10.8. The van der Waals surface area contributed by atoms with Crippen LogP contribution in [0.5, 0.6) is 0 Å². The Kier molecular flexibility index (Phi) is 7.71. The Morgan fingerprint density at radius 1 is 1.00 bits per heavy atom. The van der Waals surface area contributed by atoms with E-state index in [0.29, 0.717) is 0 Å². The minimum atomic E-state index is -0.936. The molecule has 0 heterocycles. The average Bonchev–Trinajstić information content (AvgIpc) is 3.10. The van der Waals surface area contributed by atoms with Crippen LogP contribution < -0.4 is 10.6 Å². The number of amides is 2. The molecule has 0 aliphatic heterocycles. The lowest BCUT2D eigenvalue weighted by Gasteiger charge is -2.24. The number of benzene rings is 2. The van der Waals surface area contributed by atoms with Crippen LogP contribution in [0.25, 0.3) is 11.1 Å². The Bertz CT molecular complexity index is 974. The first-order chi connectivity index (χ1) is 15.7. The van der Waals surface area contributed by atoms with Gasteiger partial charge in [0.25, 0.3) is 5.91 Å². The molecule has 1 unspecified atom stereocenters. The highest BCUT2D eigenvalue weighted by Gasteiger charge is 2.29. The van der Waals surface area contributed by atoms with Crippen LogP contribution in [0.3, 0.4) is 0 Å². The molecule has 1 aliphatic rings. The predicted molar refractivity (Wildman–Crippen MR) is 123 cm³/mol. The molecule has 176 valence electrons. The zero-order valence-corrected chi connectivity index (χ0v) is 19.1. The SMILES string of the molecule is COC(CNC(=O)OCC1c2ccccc2-c2ccccc21)C(=O)NCC(C)(C)CC(=O)O. The van der Waals surface area contributed by atoms with Crippen molar-refractivity contribution in [3.63, 3.8) is 0 Å². The summed E-state index contributed by atoms with van der Waals surface area (Å²) in [6.07, 6.45) is -1.65. The zero-order chi connectivity index (χ0) is 24.0. The molecule has 8 nitrogen and oxygen atoms in total. The van der Waals surface area contributed by atoms with Crippen molar-refractivity contribution in [2.45, 2.75) is 32.3 Å². The summed E-state index contributed by atoms with van der Waals surface area (Å²) in [5, 5.41) is 14.2. The number of methoxy groups -OCH3 is 1. The van der Waals surface area contributed by atoms with Gasteiger partial charge in [0.05, 0.1) is 13.0 Å². The summed E-state index contributed by atoms with van der Waals surface area (Å²) in [7, 11) is 1.37. The van der Waals surface area contributed by atoms with Crippen molar-refractivity contribution in [1.82, 2.24) is 10.6 Å². The Hall–Kier alpha value is -3.39. The molecule has 0 spiro atoms. The fraction of sp³-hybridized carbons (Fsp3) is 0.400. The minimum Gasteiger partial charge on any atom is -0.481 e. The maximum absolute atomic E-state index is 12.4. The third-order valence-electron chi connectivity index (χ3n) is 5.72. The van der Waals surface area contributed by atoms with Crippen molar-refractivity contribution in [1.29, 1.82) is 0 Å². The third-order valence-corrected chi connectivity index (χ3v) is 5.72. The highest BCUT2D eigenvalue weighted by atomic mass is 16.5. The largest absolute Gasteiger partial charge is 0.481 e. The quantitative estimate of drug-likeness (QED) is 0.508. The number of rotatable bonds is 10. The van der Waals surface area contributed by atoms with Gasteiger partial charge in [-0.2, -0.15) is 0 Å². The molecule has 0 saturated carbocycles. The number of hydrogen-bond donors (Lipinski definition) is 3.